The molecule has 0 aliphatic carbocycles. The van der Waals surface area contributed by atoms with Gasteiger partial charge in [-0.2, -0.15) is 0 Å². The van der Waals surface area contributed by atoms with Crippen molar-refractivity contribution < 1.29 is 18.0 Å². The zero-order chi connectivity index (χ0) is 20.6. The largest absolute Gasteiger partial charge is 0.324 e. The van der Waals surface area contributed by atoms with Gasteiger partial charge in [-0.3, -0.25) is 9.59 Å². The first kappa shape index (κ1) is 20.1. The smallest absolute Gasteiger partial charge is 0.267 e. The second-order valence-corrected chi connectivity index (χ2v) is 9.10. The fraction of sp³-hybridized carbons (Fsp3) is 0.333. The number of nitrogens with one attached hydrogen (secondary N) is 1. The van der Waals surface area contributed by atoms with E-state index in [0.717, 1.165) is 26.6 Å². The third kappa shape index (κ3) is 3.67. The molecule has 3 rings (SSSR count). The minimum atomic E-state index is -4.11. The summed E-state index contributed by atoms with van der Waals surface area (Å²) in [4.78, 5) is 25.2. The molecule has 1 aliphatic heterocycles. The number of carbonyl (C=O) groups is 2. The van der Waals surface area contributed by atoms with Gasteiger partial charge in [-0.25, -0.2) is 12.7 Å². The Kier molecular flexibility index (Phi) is 5.30. The fourth-order valence-corrected chi connectivity index (χ4v) is 4.92. The average Bonchev–Trinajstić information content (AvgIpc) is 3.03. The zero-order valence-corrected chi connectivity index (χ0v) is 17.3. The van der Waals surface area contributed by atoms with Gasteiger partial charge >= 0.3 is 0 Å². The lowest BCUT2D eigenvalue weighted by molar-refractivity contribution is -0.128. The highest BCUT2D eigenvalue weighted by Crippen LogP contribution is 2.29. The van der Waals surface area contributed by atoms with Gasteiger partial charge in [0, 0.05) is 12.1 Å². The molecule has 1 atom stereocenters. The first-order valence-electron chi connectivity index (χ1n) is 9.14. The SMILES string of the molecule is Cc1ccc(NC(=O)[C@@H]2CCC(=O)N2S(=O)(=O)c2ccc(C)c(C)c2)cc1C. The van der Waals surface area contributed by atoms with E-state index in [1.54, 1.807) is 12.1 Å². The van der Waals surface area contributed by atoms with Gasteiger partial charge in [0.15, 0.2) is 0 Å². The molecule has 1 N–H and O–H groups in total. The maximum Gasteiger partial charge on any atom is 0.267 e. The van der Waals surface area contributed by atoms with Crippen molar-refractivity contribution in [1.82, 2.24) is 4.31 Å². The van der Waals surface area contributed by atoms with Gasteiger partial charge in [0.1, 0.15) is 6.04 Å². The van der Waals surface area contributed by atoms with E-state index >= 15 is 0 Å². The molecule has 2 aromatic carbocycles. The number of benzene rings is 2. The molecule has 0 unspecified atom stereocenters. The molecule has 1 heterocycles. The van der Waals surface area contributed by atoms with Crippen molar-refractivity contribution in [3.63, 3.8) is 0 Å². The Morgan fingerprint density at radius 2 is 1.57 bits per heavy atom. The summed E-state index contributed by atoms with van der Waals surface area (Å²) in [6.07, 6.45) is 0.189. The van der Waals surface area contributed by atoms with E-state index in [9.17, 15) is 18.0 Å². The Morgan fingerprint density at radius 3 is 2.18 bits per heavy atom. The highest BCUT2D eigenvalue weighted by Gasteiger charge is 2.44. The minimum Gasteiger partial charge on any atom is -0.324 e. The number of sulfonamides is 1. The molecule has 6 nitrogen and oxygen atoms in total. The van der Waals surface area contributed by atoms with Crippen molar-refractivity contribution in [3.05, 3.63) is 58.7 Å². The Hall–Kier alpha value is -2.67. The predicted octanol–water partition coefficient (Wildman–Crippen LogP) is 3.24. The van der Waals surface area contributed by atoms with Gasteiger partial charge in [-0.1, -0.05) is 12.1 Å². The number of amides is 2. The van der Waals surface area contributed by atoms with E-state index in [0.29, 0.717) is 5.69 Å². The molecule has 2 aromatic rings. The van der Waals surface area contributed by atoms with Crippen LogP contribution < -0.4 is 5.32 Å². The molecule has 7 heteroatoms. The maximum absolute atomic E-state index is 13.1. The summed E-state index contributed by atoms with van der Waals surface area (Å²) < 4.78 is 26.9. The molecule has 0 aromatic heterocycles. The molecule has 1 fully saturated rings. The molecule has 0 spiro atoms. The van der Waals surface area contributed by atoms with E-state index in [-0.39, 0.29) is 17.7 Å². The summed E-state index contributed by atoms with van der Waals surface area (Å²) in [5, 5.41) is 2.75. The van der Waals surface area contributed by atoms with Gasteiger partial charge in [-0.05, 0) is 80.6 Å². The molecule has 0 bridgehead atoms. The Balaban J connectivity index is 1.90. The van der Waals surface area contributed by atoms with Crippen LogP contribution in [-0.4, -0.2) is 30.6 Å². The number of anilines is 1. The van der Waals surface area contributed by atoms with Crippen molar-refractivity contribution in [2.75, 3.05) is 5.32 Å². The standard InChI is InChI=1S/C21H24N2O4S/c1-13-5-7-17(11-15(13)3)22-21(25)19-9-10-20(24)23(19)28(26,27)18-8-6-14(2)16(4)12-18/h5-8,11-12,19H,9-10H2,1-4H3,(H,22,25)/t19-/m0/s1. The lowest BCUT2D eigenvalue weighted by Crippen LogP contribution is -2.45. The van der Waals surface area contributed by atoms with Crippen molar-refractivity contribution in [1.29, 1.82) is 0 Å². The van der Waals surface area contributed by atoms with Crippen LogP contribution in [0.1, 0.15) is 35.1 Å². The second-order valence-electron chi connectivity index (χ2n) is 7.28. The third-order valence-corrected chi connectivity index (χ3v) is 7.10. The lowest BCUT2D eigenvalue weighted by atomic mass is 10.1. The van der Waals surface area contributed by atoms with Crippen molar-refractivity contribution in [2.45, 2.75) is 51.5 Å². The van der Waals surface area contributed by atoms with E-state index in [1.165, 1.54) is 12.1 Å². The average molecular weight is 401 g/mol. The van der Waals surface area contributed by atoms with Gasteiger partial charge in [-0.15, -0.1) is 0 Å². The Morgan fingerprint density at radius 1 is 0.964 bits per heavy atom. The van der Waals surface area contributed by atoms with Crippen molar-refractivity contribution in [2.24, 2.45) is 0 Å². The van der Waals surface area contributed by atoms with Crippen molar-refractivity contribution >= 4 is 27.5 Å². The van der Waals surface area contributed by atoms with Crippen LogP contribution in [0, 0.1) is 27.7 Å². The Labute approximate surface area is 165 Å². The van der Waals surface area contributed by atoms with Crippen LogP contribution in [0.4, 0.5) is 5.69 Å². The molecule has 1 aliphatic rings. The fourth-order valence-electron chi connectivity index (χ4n) is 3.23. The van der Waals surface area contributed by atoms with Crippen LogP contribution in [0.15, 0.2) is 41.3 Å². The Bertz CT molecular complexity index is 1060. The van der Waals surface area contributed by atoms with Crippen LogP contribution in [0.3, 0.4) is 0 Å². The first-order valence-corrected chi connectivity index (χ1v) is 10.6. The maximum atomic E-state index is 13.1. The van der Waals surface area contributed by atoms with Gasteiger partial charge in [0.25, 0.3) is 10.0 Å². The first-order chi connectivity index (χ1) is 13.1. The number of hydrogen-bond donors (Lipinski definition) is 1. The quantitative estimate of drug-likeness (QED) is 0.854. The van der Waals surface area contributed by atoms with E-state index in [1.807, 2.05) is 39.8 Å². The van der Waals surface area contributed by atoms with Gasteiger partial charge < -0.3 is 5.32 Å². The molecule has 148 valence electrons. The van der Waals surface area contributed by atoms with E-state index in [4.69, 9.17) is 0 Å². The monoisotopic (exact) mass is 400 g/mol. The predicted molar refractivity (Wildman–Crippen MR) is 108 cm³/mol. The highest BCUT2D eigenvalue weighted by molar-refractivity contribution is 7.89. The third-order valence-electron chi connectivity index (χ3n) is 5.27. The summed E-state index contributed by atoms with van der Waals surface area (Å²) in [7, 11) is -4.11. The molecule has 0 radical (unpaired) electrons. The second kappa shape index (κ2) is 7.39. The number of hydrogen-bond acceptors (Lipinski definition) is 4. The van der Waals surface area contributed by atoms with Crippen LogP contribution in [0.25, 0.3) is 0 Å². The van der Waals surface area contributed by atoms with Crippen LogP contribution in [0.2, 0.25) is 0 Å². The number of nitrogens with zero attached hydrogens (tertiary/aromatic N) is 1. The zero-order valence-electron chi connectivity index (χ0n) is 16.4. The van der Waals surface area contributed by atoms with Crippen LogP contribution in [-0.2, 0) is 19.6 Å². The number of carbonyl (C=O) groups excluding carboxylic acids is 2. The number of rotatable bonds is 4. The van der Waals surface area contributed by atoms with Gasteiger partial charge in [0.2, 0.25) is 11.8 Å². The normalized spacial score (nSPS) is 17.1. The van der Waals surface area contributed by atoms with Crippen LogP contribution >= 0.6 is 0 Å². The van der Waals surface area contributed by atoms with Gasteiger partial charge in [0.05, 0.1) is 4.90 Å². The summed E-state index contributed by atoms with van der Waals surface area (Å²) in [5.74, 6) is -1.06. The molecule has 2 amide bonds. The molecule has 0 saturated carbocycles. The molecule has 28 heavy (non-hydrogen) atoms. The summed E-state index contributed by atoms with van der Waals surface area (Å²) >= 11 is 0. The lowest BCUT2D eigenvalue weighted by Gasteiger charge is -2.24. The van der Waals surface area contributed by atoms with E-state index < -0.39 is 27.9 Å². The summed E-state index contributed by atoms with van der Waals surface area (Å²) in [6, 6.07) is 9.13. The van der Waals surface area contributed by atoms with Crippen molar-refractivity contribution in [3.8, 4) is 0 Å². The molecule has 1 saturated heterocycles. The summed E-state index contributed by atoms with van der Waals surface area (Å²) in [6.45, 7) is 7.59. The topological polar surface area (TPSA) is 83.6 Å². The minimum absolute atomic E-state index is 0.0229. The number of aryl methyl sites for hydroxylation is 4. The highest BCUT2D eigenvalue weighted by atomic mass is 32.2. The van der Waals surface area contributed by atoms with E-state index in [2.05, 4.69) is 5.32 Å². The van der Waals surface area contributed by atoms with Crippen LogP contribution in [0.5, 0.6) is 0 Å². The molecular formula is C21H24N2O4S. The summed E-state index contributed by atoms with van der Waals surface area (Å²) in [5.41, 5.74) is 4.45. The molecular weight excluding hydrogens is 376 g/mol.